The van der Waals surface area contributed by atoms with Crippen LogP contribution in [0.1, 0.15) is 0 Å². The zero-order valence-electron chi connectivity index (χ0n) is 2.45. The first-order valence-electron chi connectivity index (χ1n) is 0.938. The molecular weight excluding hydrogens is 117 g/mol. The molecule has 0 aliphatic rings. The largest absolute Gasteiger partial charge is 0.469 e. The van der Waals surface area contributed by atoms with E-state index >= 15 is 0 Å². The fourth-order valence-electron chi connectivity index (χ4n) is 0. The Balaban J connectivity index is 3.17. The lowest BCUT2D eigenvalue weighted by Gasteiger charge is -1.94. The van der Waals surface area contributed by atoms with E-state index in [1.807, 2.05) is 0 Å². The summed E-state index contributed by atoms with van der Waals surface area (Å²) in [6.45, 7) is 0. The molecule has 0 unspecified atom stereocenters. The maximum Gasteiger partial charge on any atom is 0.469 e. The molecule has 0 rings (SSSR count). The minimum atomic E-state index is -4.04. The van der Waals surface area contributed by atoms with Gasteiger partial charge in [0.2, 0.25) is 0 Å². The summed E-state index contributed by atoms with van der Waals surface area (Å²) in [5, 5.41) is 8.57. The third-order valence-corrected chi connectivity index (χ3v) is 0.157. The molecule has 5 heteroatoms. The number of hydrogen-bond donors (Lipinski definition) is 0. The zero-order valence-corrected chi connectivity index (χ0v) is 3.21. The van der Waals surface area contributed by atoms with Crippen LogP contribution in [0.5, 0.6) is 0 Å². The second-order valence-electron chi connectivity index (χ2n) is 0.529. The van der Waals surface area contributed by atoms with Crippen LogP contribution in [0.15, 0.2) is 0 Å². The summed E-state index contributed by atoms with van der Waals surface area (Å²) in [5.74, 6) is 0. The number of hydrogen-bond acceptors (Lipinski definition) is 1. The molecule has 0 aromatic heterocycles. The summed E-state index contributed by atoms with van der Waals surface area (Å²) < 4.78 is 21.4. The monoisotopic (exact) mass is 117 g/mol. The standard InChI is InChI=1S/CClF2O2/c2-1(3,4)6-5. The second kappa shape index (κ2) is 1.68. The summed E-state index contributed by atoms with van der Waals surface area (Å²) in [6, 6.07) is 0. The summed E-state index contributed by atoms with van der Waals surface area (Å²) in [4.78, 5) is 2.12. The van der Waals surface area contributed by atoms with Crippen LogP contribution in [0.25, 0.3) is 0 Å². The first-order chi connectivity index (χ1) is 2.56. The van der Waals surface area contributed by atoms with Gasteiger partial charge in [-0.2, -0.15) is 8.78 Å². The van der Waals surface area contributed by atoms with Gasteiger partial charge in [0.1, 0.15) is 0 Å². The number of halogens is 3. The highest BCUT2D eigenvalue weighted by Gasteiger charge is 2.26. The van der Waals surface area contributed by atoms with Crippen molar-refractivity contribution < 1.29 is 18.9 Å². The Bertz CT molecular complexity index is 41.3. The molecule has 0 spiro atoms. The van der Waals surface area contributed by atoms with Crippen molar-refractivity contribution in [1.29, 1.82) is 0 Å². The molecule has 6 heavy (non-hydrogen) atoms. The highest BCUT2D eigenvalue weighted by molar-refractivity contribution is 6.20. The Labute approximate surface area is 37.2 Å². The SMILES string of the molecule is [O]OC(F)(F)Cl. The predicted octanol–water partition coefficient (Wildman–Crippen LogP) is 1.14. The topological polar surface area (TPSA) is 29.1 Å². The average Bonchev–Trinajstić information content (AvgIpc) is 1.35. The lowest BCUT2D eigenvalue weighted by molar-refractivity contribution is -0.417. The van der Waals surface area contributed by atoms with E-state index < -0.39 is 5.57 Å². The van der Waals surface area contributed by atoms with Gasteiger partial charge in [-0.05, 0) is 16.9 Å². The van der Waals surface area contributed by atoms with Crippen LogP contribution < -0.4 is 0 Å². The molecule has 0 heterocycles. The van der Waals surface area contributed by atoms with Crippen LogP contribution in [0.3, 0.4) is 0 Å². The third kappa shape index (κ3) is 4.07. The molecule has 0 aromatic rings. The lowest BCUT2D eigenvalue weighted by Crippen LogP contribution is -2.06. The van der Waals surface area contributed by atoms with E-state index in [0.29, 0.717) is 0 Å². The fourth-order valence-corrected chi connectivity index (χ4v) is 0. The maximum absolute atomic E-state index is 10.7. The minimum absolute atomic E-state index is 2.12. The van der Waals surface area contributed by atoms with E-state index in [4.69, 9.17) is 5.26 Å². The molecule has 0 aromatic carbocycles. The van der Waals surface area contributed by atoms with Gasteiger partial charge in [-0.1, -0.05) is 0 Å². The van der Waals surface area contributed by atoms with Gasteiger partial charge >= 0.3 is 5.57 Å². The van der Waals surface area contributed by atoms with Gasteiger partial charge in [0.15, 0.2) is 0 Å². The Kier molecular flexibility index (Phi) is 1.70. The van der Waals surface area contributed by atoms with Crippen molar-refractivity contribution in [2.45, 2.75) is 5.57 Å². The Morgan fingerprint density at radius 1 is 1.67 bits per heavy atom. The van der Waals surface area contributed by atoms with Crippen LogP contribution in [0.4, 0.5) is 8.78 Å². The molecule has 0 atom stereocenters. The first kappa shape index (κ1) is 6.07. The van der Waals surface area contributed by atoms with Crippen LogP contribution in [0, 0.1) is 0 Å². The van der Waals surface area contributed by atoms with E-state index in [0.717, 1.165) is 0 Å². The Morgan fingerprint density at radius 2 is 1.83 bits per heavy atom. The van der Waals surface area contributed by atoms with Gasteiger partial charge in [0, 0.05) is 0 Å². The normalized spacial score (nSPS) is 12.0. The van der Waals surface area contributed by atoms with Gasteiger partial charge in [0.05, 0.1) is 0 Å². The van der Waals surface area contributed by atoms with Crippen molar-refractivity contribution in [1.82, 2.24) is 0 Å². The molecule has 0 fully saturated rings. The van der Waals surface area contributed by atoms with E-state index in [9.17, 15) is 8.78 Å². The molecule has 0 N–H and O–H groups in total. The zero-order chi connectivity index (χ0) is 5.21. The van der Waals surface area contributed by atoms with Gasteiger partial charge in [-0.25, -0.2) is 0 Å². The van der Waals surface area contributed by atoms with Gasteiger partial charge in [-0.15, -0.1) is 4.89 Å². The molecule has 0 amide bonds. The predicted molar refractivity (Wildman–Crippen MR) is 12.6 cm³/mol. The highest BCUT2D eigenvalue weighted by atomic mass is 35.5. The molecule has 0 saturated carbocycles. The maximum atomic E-state index is 10.7. The van der Waals surface area contributed by atoms with Gasteiger partial charge < -0.3 is 0 Å². The smallest absolute Gasteiger partial charge is 0.158 e. The average molecular weight is 117 g/mol. The van der Waals surface area contributed by atoms with E-state index in [2.05, 4.69) is 16.5 Å². The molecular formula is CClF2O2. The van der Waals surface area contributed by atoms with Crippen molar-refractivity contribution in [3.63, 3.8) is 0 Å². The van der Waals surface area contributed by atoms with Crippen LogP contribution in [0.2, 0.25) is 0 Å². The van der Waals surface area contributed by atoms with Crippen molar-refractivity contribution in [2.75, 3.05) is 0 Å². The van der Waals surface area contributed by atoms with E-state index in [1.54, 1.807) is 0 Å². The number of alkyl halides is 3. The molecule has 0 bridgehead atoms. The summed E-state index contributed by atoms with van der Waals surface area (Å²) >= 11 is 3.85. The molecule has 1 radical (unpaired) electrons. The van der Waals surface area contributed by atoms with E-state index in [1.165, 1.54) is 0 Å². The molecule has 37 valence electrons. The van der Waals surface area contributed by atoms with Gasteiger partial charge in [-0.3, -0.25) is 0 Å². The van der Waals surface area contributed by atoms with Crippen molar-refractivity contribution >= 4 is 11.6 Å². The summed E-state index contributed by atoms with van der Waals surface area (Å²) in [5.41, 5.74) is -4.04. The van der Waals surface area contributed by atoms with Crippen molar-refractivity contribution in [3.05, 3.63) is 0 Å². The Hall–Kier alpha value is 0.0700. The van der Waals surface area contributed by atoms with Gasteiger partial charge in [0.25, 0.3) is 0 Å². The van der Waals surface area contributed by atoms with Crippen LogP contribution >= 0.6 is 11.6 Å². The van der Waals surface area contributed by atoms with E-state index in [-0.39, 0.29) is 0 Å². The van der Waals surface area contributed by atoms with Crippen LogP contribution in [-0.4, -0.2) is 5.57 Å². The minimum Gasteiger partial charge on any atom is -0.158 e. The van der Waals surface area contributed by atoms with Crippen molar-refractivity contribution in [2.24, 2.45) is 0 Å². The van der Waals surface area contributed by atoms with Crippen molar-refractivity contribution in [3.8, 4) is 0 Å². The number of rotatable bonds is 1. The highest BCUT2D eigenvalue weighted by Crippen LogP contribution is 2.17. The second-order valence-corrected chi connectivity index (χ2v) is 0.969. The fraction of sp³-hybridized carbons (Fsp3) is 1.00. The molecule has 0 saturated heterocycles. The van der Waals surface area contributed by atoms with Crippen LogP contribution in [-0.2, 0) is 10.1 Å². The molecule has 0 aliphatic heterocycles. The lowest BCUT2D eigenvalue weighted by atomic mass is 11.5. The molecule has 0 aliphatic carbocycles. The summed E-state index contributed by atoms with van der Waals surface area (Å²) in [7, 11) is 0. The first-order valence-corrected chi connectivity index (χ1v) is 1.32. The molecule has 2 nitrogen and oxygen atoms in total. The summed E-state index contributed by atoms with van der Waals surface area (Å²) in [6.07, 6.45) is 0. The third-order valence-electron chi connectivity index (χ3n) is 0.0945. The quantitative estimate of drug-likeness (QED) is 0.288. The Morgan fingerprint density at radius 3 is 1.83 bits per heavy atom.